The largest absolute Gasteiger partial charge is 0.453 e. The van der Waals surface area contributed by atoms with Crippen LogP contribution in [-0.4, -0.2) is 45.3 Å². The average Bonchev–Trinajstić information content (AvgIpc) is 3.51. The van der Waals surface area contributed by atoms with Crippen molar-refractivity contribution in [2.75, 3.05) is 30.9 Å². The molecule has 0 radical (unpaired) electrons. The average molecular weight is 527 g/mol. The minimum atomic E-state index is -4.18. The normalized spacial score (nSPS) is 12.9. The lowest BCUT2D eigenvalue weighted by Gasteiger charge is -2.20. The summed E-state index contributed by atoms with van der Waals surface area (Å²) in [5.74, 6) is 0.179. The number of thiophene rings is 1. The molecule has 34 heavy (non-hydrogen) atoms. The van der Waals surface area contributed by atoms with Crippen LogP contribution in [0.5, 0.6) is 11.5 Å². The van der Waals surface area contributed by atoms with Crippen molar-refractivity contribution in [2.45, 2.75) is 32.2 Å². The van der Waals surface area contributed by atoms with Crippen molar-refractivity contribution in [1.29, 1.82) is 0 Å². The van der Waals surface area contributed by atoms with Crippen molar-refractivity contribution in [1.82, 2.24) is 10.1 Å². The second kappa shape index (κ2) is 9.10. The number of ether oxygens (including phenoxy) is 2. The van der Waals surface area contributed by atoms with Gasteiger partial charge in [-0.15, -0.1) is 11.3 Å². The van der Waals surface area contributed by atoms with E-state index in [2.05, 4.69) is 15.2 Å². The second-order valence-corrected chi connectivity index (χ2v) is 10.9. The minimum Gasteiger partial charge on any atom is -0.453 e. The van der Waals surface area contributed by atoms with Crippen LogP contribution in [0.1, 0.15) is 32.1 Å². The molecule has 0 saturated heterocycles. The number of fused-ring (bicyclic) bond motifs is 1. The highest BCUT2D eigenvalue weighted by Crippen LogP contribution is 2.47. The molecule has 10 nitrogen and oxygen atoms in total. The Morgan fingerprint density at radius 1 is 1.21 bits per heavy atom. The number of rotatable bonds is 7. The zero-order chi connectivity index (χ0) is 24.8. The first-order valence-electron chi connectivity index (χ1n) is 10.1. The lowest BCUT2D eigenvalue weighted by atomic mass is 9.98. The number of amides is 1. The van der Waals surface area contributed by atoms with E-state index >= 15 is 0 Å². The fourth-order valence-corrected chi connectivity index (χ4v) is 6.04. The predicted octanol–water partition coefficient (Wildman–Crippen LogP) is 4.16. The summed E-state index contributed by atoms with van der Waals surface area (Å²) < 4.78 is 44.5. The summed E-state index contributed by atoms with van der Waals surface area (Å²) in [6.07, 6.45) is 0. The molecular formula is C21H23ClN4O6S2. The van der Waals surface area contributed by atoms with E-state index in [1.807, 2.05) is 32.8 Å². The topological polar surface area (TPSA) is 123 Å². The first-order chi connectivity index (χ1) is 16.0. The number of hydrogen-bond donors (Lipinski definition) is 2. The number of anilines is 2. The maximum Gasteiger partial charge on any atom is 0.267 e. The van der Waals surface area contributed by atoms with Gasteiger partial charge in [0.25, 0.3) is 21.8 Å². The molecule has 0 unspecified atom stereocenters. The van der Waals surface area contributed by atoms with E-state index in [0.717, 1.165) is 28.0 Å². The highest BCUT2D eigenvalue weighted by Gasteiger charge is 2.31. The molecule has 0 saturated carbocycles. The van der Waals surface area contributed by atoms with Gasteiger partial charge in [0.05, 0.1) is 5.69 Å². The Morgan fingerprint density at radius 3 is 2.56 bits per heavy atom. The number of benzene rings is 1. The van der Waals surface area contributed by atoms with Gasteiger partial charge in [-0.05, 0) is 57.4 Å². The summed E-state index contributed by atoms with van der Waals surface area (Å²) in [6, 6.07) is 1.33. The van der Waals surface area contributed by atoms with Crippen molar-refractivity contribution in [3.8, 4) is 11.5 Å². The maximum atomic E-state index is 13.2. The number of carbonyl (C=O) groups is 1. The molecule has 13 heteroatoms. The van der Waals surface area contributed by atoms with Crippen LogP contribution in [-0.2, 0) is 16.6 Å². The van der Waals surface area contributed by atoms with Crippen LogP contribution < -0.4 is 19.5 Å². The summed E-state index contributed by atoms with van der Waals surface area (Å²) in [5.41, 5.74) is 3.50. The number of nitrogens with zero attached hydrogens (tertiary/aromatic N) is 2. The smallest absolute Gasteiger partial charge is 0.267 e. The molecule has 0 spiro atoms. The van der Waals surface area contributed by atoms with E-state index in [4.69, 9.17) is 25.6 Å². The van der Waals surface area contributed by atoms with Gasteiger partial charge in [-0.25, -0.2) is 13.1 Å². The molecule has 1 aliphatic rings. The number of hydrogen-bond acceptors (Lipinski definition) is 9. The molecule has 182 valence electrons. The Morgan fingerprint density at radius 2 is 1.91 bits per heavy atom. The number of halogens is 1. The lowest BCUT2D eigenvalue weighted by Crippen LogP contribution is -2.19. The first-order valence-corrected chi connectivity index (χ1v) is 12.8. The van der Waals surface area contributed by atoms with Crippen molar-refractivity contribution in [3.63, 3.8) is 0 Å². The van der Waals surface area contributed by atoms with Crippen molar-refractivity contribution >= 4 is 50.4 Å². The molecular weight excluding hydrogens is 504 g/mol. The van der Waals surface area contributed by atoms with E-state index in [1.54, 1.807) is 6.92 Å². The van der Waals surface area contributed by atoms with Crippen LogP contribution in [0.25, 0.3) is 0 Å². The highest BCUT2D eigenvalue weighted by molar-refractivity contribution is 7.93. The van der Waals surface area contributed by atoms with Crippen LogP contribution in [0.2, 0.25) is 5.02 Å². The van der Waals surface area contributed by atoms with Gasteiger partial charge in [0.1, 0.15) is 20.5 Å². The van der Waals surface area contributed by atoms with Gasteiger partial charge in [0.15, 0.2) is 11.5 Å². The fraction of sp³-hybridized carbons (Fsp3) is 0.333. The molecule has 3 aromatic rings. The van der Waals surface area contributed by atoms with Gasteiger partial charge >= 0.3 is 0 Å². The Labute approximate surface area is 205 Å². The summed E-state index contributed by atoms with van der Waals surface area (Å²) in [5, 5.41) is 8.01. The Bertz CT molecular complexity index is 1380. The Kier molecular flexibility index (Phi) is 6.51. The Hall–Kier alpha value is -2.80. The maximum absolute atomic E-state index is 13.2. The molecule has 0 bridgehead atoms. The molecule has 2 N–H and O–H groups in total. The standard InChI is InChI=1S/C21H23ClN4O6S2/c1-10-11(2)16(18-17(30-9-31-18)13(10)8-26(4)5)23-20(27)19-14(6-7-33-19)34(28,29)25-21-15(22)12(3)24-32-21/h6-7,25H,8-9H2,1-5H3,(H,23,27). The molecule has 2 aromatic heterocycles. The molecule has 4 rings (SSSR count). The van der Waals surface area contributed by atoms with E-state index in [0.29, 0.717) is 29.4 Å². The summed E-state index contributed by atoms with van der Waals surface area (Å²) in [4.78, 5) is 15.0. The molecule has 1 aliphatic heterocycles. The lowest BCUT2D eigenvalue weighted by molar-refractivity contribution is 0.102. The fourth-order valence-electron chi connectivity index (χ4n) is 3.54. The number of nitrogens with one attached hydrogen (secondary N) is 2. The number of carbonyl (C=O) groups excluding carboxylic acids is 1. The van der Waals surface area contributed by atoms with Gasteiger partial charge in [0.2, 0.25) is 6.79 Å². The van der Waals surface area contributed by atoms with Crippen LogP contribution >= 0.6 is 22.9 Å². The van der Waals surface area contributed by atoms with Crippen molar-refractivity contribution in [2.24, 2.45) is 0 Å². The molecule has 0 atom stereocenters. The van der Waals surface area contributed by atoms with Crippen molar-refractivity contribution < 1.29 is 27.2 Å². The SMILES string of the molecule is Cc1noc(NS(=O)(=O)c2ccsc2C(=O)Nc2c(C)c(C)c(CN(C)C)c3c2OCO3)c1Cl. The number of aryl methyl sites for hydroxylation is 1. The third kappa shape index (κ3) is 4.33. The third-order valence-electron chi connectivity index (χ3n) is 5.36. The van der Waals surface area contributed by atoms with Gasteiger partial charge in [-0.3, -0.25) is 4.79 Å². The highest BCUT2D eigenvalue weighted by atomic mass is 35.5. The van der Waals surface area contributed by atoms with E-state index < -0.39 is 15.9 Å². The van der Waals surface area contributed by atoms with Crippen LogP contribution in [0.3, 0.4) is 0 Å². The molecule has 1 aromatic carbocycles. The molecule has 0 aliphatic carbocycles. The Balaban J connectivity index is 1.67. The molecule has 1 amide bonds. The van der Waals surface area contributed by atoms with Crippen LogP contribution in [0.4, 0.5) is 11.6 Å². The zero-order valence-electron chi connectivity index (χ0n) is 19.1. The number of sulfonamides is 1. The predicted molar refractivity (Wildman–Crippen MR) is 129 cm³/mol. The van der Waals surface area contributed by atoms with Gasteiger partial charge in [-0.1, -0.05) is 16.8 Å². The quantitative estimate of drug-likeness (QED) is 0.470. The minimum absolute atomic E-state index is 0.0121. The van der Waals surface area contributed by atoms with Gasteiger partial charge in [-0.2, -0.15) is 0 Å². The zero-order valence-corrected chi connectivity index (χ0v) is 21.5. The molecule has 0 fully saturated rings. The van der Waals surface area contributed by atoms with E-state index in [9.17, 15) is 13.2 Å². The van der Waals surface area contributed by atoms with Crippen molar-refractivity contribution in [3.05, 3.63) is 43.7 Å². The first kappa shape index (κ1) is 24.3. The summed E-state index contributed by atoms with van der Waals surface area (Å²) in [7, 11) is -0.275. The van der Waals surface area contributed by atoms with Gasteiger partial charge < -0.3 is 24.2 Å². The second-order valence-electron chi connectivity index (χ2n) is 7.99. The summed E-state index contributed by atoms with van der Waals surface area (Å²) >= 11 is 7.02. The van der Waals surface area contributed by atoms with Crippen LogP contribution in [0, 0.1) is 20.8 Å². The van der Waals surface area contributed by atoms with E-state index in [-0.39, 0.29) is 27.5 Å². The summed E-state index contributed by atoms with van der Waals surface area (Å²) in [6.45, 7) is 6.05. The van der Waals surface area contributed by atoms with Crippen LogP contribution in [0.15, 0.2) is 20.9 Å². The third-order valence-corrected chi connectivity index (χ3v) is 8.22. The monoisotopic (exact) mass is 526 g/mol. The molecule has 3 heterocycles. The number of aromatic nitrogens is 1. The van der Waals surface area contributed by atoms with Gasteiger partial charge in [0, 0.05) is 12.1 Å². The van der Waals surface area contributed by atoms with E-state index in [1.165, 1.54) is 11.4 Å².